The molecule has 0 radical (unpaired) electrons. The Labute approximate surface area is 91.4 Å². The van der Waals surface area contributed by atoms with Crippen LogP contribution in [-0.2, 0) is 4.79 Å². The number of aliphatic hydroxyl groups excluding tert-OH is 1. The van der Waals surface area contributed by atoms with Gasteiger partial charge in [0.2, 0.25) is 5.91 Å². The fourth-order valence-electron chi connectivity index (χ4n) is 1.67. The normalized spacial score (nSPS) is 17.3. The van der Waals surface area contributed by atoms with E-state index in [0.29, 0.717) is 6.54 Å². The van der Waals surface area contributed by atoms with E-state index in [1.54, 1.807) is 0 Å². The second-order valence-electron chi connectivity index (χ2n) is 4.44. The lowest BCUT2D eigenvalue weighted by Crippen LogP contribution is -2.52. The van der Waals surface area contributed by atoms with Crippen molar-refractivity contribution in [2.75, 3.05) is 26.2 Å². The van der Waals surface area contributed by atoms with Crippen LogP contribution in [0.3, 0.4) is 0 Å². The number of nitrogens with one attached hydrogen (secondary N) is 2. The van der Waals surface area contributed by atoms with Crippen LogP contribution in [0, 0.1) is 11.3 Å². The summed E-state index contributed by atoms with van der Waals surface area (Å²) in [7, 11) is 0. The summed E-state index contributed by atoms with van der Waals surface area (Å²) < 4.78 is 0. The zero-order valence-electron chi connectivity index (χ0n) is 9.68. The maximum Gasteiger partial charge on any atom is 0.225 e. The largest absolute Gasteiger partial charge is 0.396 e. The predicted octanol–water partition coefficient (Wildman–Crippen LogP) is 0.121. The summed E-state index contributed by atoms with van der Waals surface area (Å²) in [6.45, 7) is 6.41. The molecule has 4 nitrogen and oxygen atoms in total. The average Bonchev–Trinajstić information content (AvgIpc) is 2.18. The minimum atomic E-state index is -0.132. The Morgan fingerprint density at radius 3 is 2.40 bits per heavy atom. The molecule has 0 aromatic carbocycles. The fraction of sp³-hybridized carbons (Fsp3) is 0.909. The number of amides is 1. The molecule has 0 unspecified atom stereocenters. The number of hydrogen-bond donors (Lipinski definition) is 3. The Bertz CT molecular complexity index is 202. The summed E-state index contributed by atoms with van der Waals surface area (Å²) in [5.41, 5.74) is -0.132. The quantitative estimate of drug-likeness (QED) is 0.588. The van der Waals surface area contributed by atoms with E-state index < -0.39 is 0 Å². The first-order valence-corrected chi connectivity index (χ1v) is 5.76. The van der Waals surface area contributed by atoms with E-state index in [2.05, 4.69) is 24.5 Å². The van der Waals surface area contributed by atoms with Crippen LogP contribution in [-0.4, -0.2) is 37.3 Å². The van der Waals surface area contributed by atoms with Gasteiger partial charge in [-0.15, -0.1) is 0 Å². The molecule has 3 N–H and O–H groups in total. The monoisotopic (exact) mass is 214 g/mol. The molecular formula is C11H22N2O2. The summed E-state index contributed by atoms with van der Waals surface area (Å²) >= 11 is 0. The molecule has 0 aromatic heterocycles. The SMILES string of the molecule is CCC(CC)(CO)CNC(=O)C1CNC1. The molecular weight excluding hydrogens is 192 g/mol. The van der Waals surface area contributed by atoms with Gasteiger partial charge >= 0.3 is 0 Å². The molecule has 0 spiro atoms. The lowest BCUT2D eigenvalue weighted by Gasteiger charge is -2.32. The van der Waals surface area contributed by atoms with E-state index >= 15 is 0 Å². The van der Waals surface area contributed by atoms with E-state index in [-0.39, 0.29) is 23.8 Å². The lowest BCUT2D eigenvalue weighted by atomic mass is 9.83. The Kier molecular flexibility index (Phi) is 4.54. The summed E-state index contributed by atoms with van der Waals surface area (Å²) in [6.07, 6.45) is 1.78. The molecule has 0 saturated carbocycles. The van der Waals surface area contributed by atoms with Gasteiger partial charge < -0.3 is 15.7 Å². The van der Waals surface area contributed by atoms with E-state index in [1.807, 2.05) is 0 Å². The minimum Gasteiger partial charge on any atom is -0.396 e. The zero-order chi connectivity index (χ0) is 11.3. The predicted molar refractivity (Wildman–Crippen MR) is 59.5 cm³/mol. The van der Waals surface area contributed by atoms with Crippen molar-refractivity contribution in [3.05, 3.63) is 0 Å². The third-order valence-electron chi connectivity index (χ3n) is 3.63. The van der Waals surface area contributed by atoms with Gasteiger partial charge in [-0.1, -0.05) is 13.8 Å². The maximum absolute atomic E-state index is 11.6. The Balaban J connectivity index is 2.35. The van der Waals surface area contributed by atoms with Crippen LogP contribution in [0.15, 0.2) is 0 Å². The number of carbonyl (C=O) groups is 1. The third-order valence-corrected chi connectivity index (χ3v) is 3.63. The molecule has 0 aromatic rings. The highest BCUT2D eigenvalue weighted by Gasteiger charge is 2.29. The van der Waals surface area contributed by atoms with Gasteiger partial charge in [-0.2, -0.15) is 0 Å². The van der Waals surface area contributed by atoms with E-state index in [9.17, 15) is 9.90 Å². The lowest BCUT2D eigenvalue weighted by molar-refractivity contribution is -0.127. The van der Waals surface area contributed by atoms with Crippen LogP contribution in [0.2, 0.25) is 0 Å². The Morgan fingerprint density at radius 2 is 2.07 bits per heavy atom. The van der Waals surface area contributed by atoms with Gasteiger partial charge in [0.1, 0.15) is 0 Å². The summed E-state index contributed by atoms with van der Waals surface area (Å²) in [5, 5.41) is 15.3. The van der Waals surface area contributed by atoms with Crippen molar-refractivity contribution >= 4 is 5.91 Å². The van der Waals surface area contributed by atoms with Gasteiger partial charge in [-0.05, 0) is 12.8 Å². The minimum absolute atomic E-state index is 0.119. The second-order valence-corrected chi connectivity index (χ2v) is 4.44. The van der Waals surface area contributed by atoms with Crippen molar-refractivity contribution in [1.82, 2.24) is 10.6 Å². The first-order valence-electron chi connectivity index (χ1n) is 5.76. The molecule has 4 heteroatoms. The van der Waals surface area contributed by atoms with E-state index in [0.717, 1.165) is 25.9 Å². The van der Waals surface area contributed by atoms with Gasteiger partial charge in [-0.3, -0.25) is 4.79 Å². The fourth-order valence-corrected chi connectivity index (χ4v) is 1.67. The van der Waals surface area contributed by atoms with Gasteiger partial charge in [0.05, 0.1) is 12.5 Å². The van der Waals surface area contributed by atoms with Crippen LogP contribution >= 0.6 is 0 Å². The highest BCUT2D eigenvalue weighted by atomic mass is 16.3. The first kappa shape index (κ1) is 12.5. The van der Waals surface area contributed by atoms with Crippen molar-refractivity contribution in [3.8, 4) is 0 Å². The standard InChI is InChI=1S/C11H22N2O2/c1-3-11(4-2,8-14)7-13-10(15)9-5-12-6-9/h9,12,14H,3-8H2,1-2H3,(H,13,15). The van der Waals surface area contributed by atoms with Crippen LogP contribution in [0.1, 0.15) is 26.7 Å². The number of rotatable bonds is 6. The molecule has 0 atom stereocenters. The molecule has 1 fully saturated rings. The van der Waals surface area contributed by atoms with Gasteiger partial charge in [0.25, 0.3) is 0 Å². The molecule has 1 amide bonds. The first-order chi connectivity index (χ1) is 7.17. The Hall–Kier alpha value is -0.610. The third kappa shape index (κ3) is 2.92. The van der Waals surface area contributed by atoms with Crippen LogP contribution in [0.4, 0.5) is 0 Å². The molecule has 1 saturated heterocycles. The summed E-state index contributed by atoms with van der Waals surface area (Å²) in [5.74, 6) is 0.253. The van der Waals surface area contributed by atoms with Crippen LogP contribution in [0.25, 0.3) is 0 Å². The second kappa shape index (κ2) is 5.47. The molecule has 0 aliphatic carbocycles. The molecule has 15 heavy (non-hydrogen) atoms. The van der Waals surface area contributed by atoms with Crippen molar-refractivity contribution in [3.63, 3.8) is 0 Å². The number of hydrogen-bond acceptors (Lipinski definition) is 3. The van der Waals surface area contributed by atoms with Crippen molar-refractivity contribution < 1.29 is 9.90 Å². The highest BCUT2D eigenvalue weighted by Crippen LogP contribution is 2.24. The highest BCUT2D eigenvalue weighted by molar-refractivity contribution is 5.80. The Morgan fingerprint density at radius 1 is 1.47 bits per heavy atom. The topological polar surface area (TPSA) is 61.4 Å². The molecule has 88 valence electrons. The van der Waals surface area contributed by atoms with E-state index in [4.69, 9.17) is 0 Å². The average molecular weight is 214 g/mol. The van der Waals surface area contributed by atoms with Crippen molar-refractivity contribution in [2.45, 2.75) is 26.7 Å². The molecule has 1 heterocycles. The number of aliphatic hydroxyl groups is 1. The van der Waals surface area contributed by atoms with Crippen LogP contribution < -0.4 is 10.6 Å². The van der Waals surface area contributed by atoms with Gasteiger partial charge in [0.15, 0.2) is 0 Å². The van der Waals surface area contributed by atoms with Crippen LogP contribution in [0.5, 0.6) is 0 Å². The van der Waals surface area contributed by atoms with Crippen molar-refractivity contribution in [2.24, 2.45) is 11.3 Å². The van der Waals surface area contributed by atoms with Gasteiger partial charge in [0, 0.05) is 25.0 Å². The van der Waals surface area contributed by atoms with Crippen molar-refractivity contribution in [1.29, 1.82) is 0 Å². The number of carbonyl (C=O) groups excluding carboxylic acids is 1. The molecule has 1 aliphatic heterocycles. The zero-order valence-corrected chi connectivity index (χ0v) is 9.68. The molecule has 1 aliphatic rings. The summed E-state index contributed by atoms with van der Waals surface area (Å²) in [4.78, 5) is 11.6. The maximum atomic E-state index is 11.6. The molecule has 1 rings (SSSR count). The van der Waals surface area contributed by atoms with E-state index in [1.165, 1.54) is 0 Å². The van der Waals surface area contributed by atoms with Gasteiger partial charge in [-0.25, -0.2) is 0 Å². The smallest absolute Gasteiger partial charge is 0.225 e. The molecule has 0 bridgehead atoms. The summed E-state index contributed by atoms with van der Waals surface area (Å²) in [6, 6.07) is 0.